The molecular formula is C31H44BrN3O. The first-order valence-electron chi connectivity index (χ1n) is 14.2. The Morgan fingerprint density at radius 3 is 1.94 bits per heavy atom. The first-order valence-corrected chi connectivity index (χ1v) is 15.0. The van der Waals surface area contributed by atoms with Gasteiger partial charge >= 0.3 is 0 Å². The molecule has 0 radical (unpaired) electrons. The molecule has 3 rings (SSSR count). The number of benzene rings is 2. The summed E-state index contributed by atoms with van der Waals surface area (Å²) in [5.74, 6) is 0.856. The van der Waals surface area contributed by atoms with E-state index in [0.29, 0.717) is 12.1 Å². The van der Waals surface area contributed by atoms with E-state index in [9.17, 15) is 4.79 Å². The summed E-state index contributed by atoms with van der Waals surface area (Å²) in [6, 6.07) is 15.7. The predicted octanol–water partition coefficient (Wildman–Crippen LogP) is 9.21. The zero-order valence-electron chi connectivity index (χ0n) is 22.1. The fourth-order valence-corrected chi connectivity index (χ4v) is 5.10. The van der Waals surface area contributed by atoms with Crippen LogP contribution >= 0.6 is 15.9 Å². The molecule has 0 bridgehead atoms. The summed E-state index contributed by atoms with van der Waals surface area (Å²) in [6.07, 6.45) is 19.1. The van der Waals surface area contributed by atoms with Gasteiger partial charge in [0.2, 0.25) is 0 Å². The largest absolute Gasteiger partial charge is 0.345 e. The third-order valence-corrected chi connectivity index (χ3v) is 7.51. The van der Waals surface area contributed by atoms with Gasteiger partial charge in [0.25, 0.3) is 5.91 Å². The van der Waals surface area contributed by atoms with Crippen LogP contribution in [0, 0.1) is 0 Å². The lowest BCUT2D eigenvalue weighted by atomic mass is 10.0. The molecular weight excluding hydrogens is 510 g/mol. The van der Waals surface area contributed by atoms with E-state index in [-0.39, 0.29) is 5.91 Å². The van der Waals surface area contributed by atoms with Gasteiger partial charge in [0.05, 0.1) is 17.6 Å². The molecule has 0 unspecified atom stereocenters. The molecule has 0 saturated heterocycles. The maximum Gasteiger partial charge on any atom is 0.251 e. The minimum absolute atomic E-state index is 0.0717. The quantitative estimate of drug-likeness (QED) is 0.159. The van der Waals surface area contributed by atoms with E-state index in [1.165, 1.54) is 83.5 Å². The van der Waals surface area contributed by atoms with Crippen LogP contribution < -0.4 is 5.32 Å². The molecule has 3 aromatic rings. The van der Waals surface area contributed by atoms with Gasteiger partial charge in [-0.05, 0) is 42.8 Å². The minimum Gasteiger partial charge on any atom is -0.345 e. The van der Waals surface area contributed by atoms with Gasteiger partial charge < -0.3 is 9.88 Å². The van der Waals surface area contributed by atoms with Crippen molar-refractivity contribution in [3.8, 4) is 0 Å². The number of amides is 1. The van der Waals surface area contributed by atoms with Crippen molar-refractivity contribution < 1.29 is 4.79 Å². The first kappa shape index (κ1) is 28.4. The molecule has 196 valence electrons. The maximum absolute atomic E-state index is 12.6. The van der Waals surface area contributed by atoms with E-state index in [1.807, 2.05) is 30.3 Å². The van der Waals surface area contributed by atoms with Crippen LogP contribution in [0.15, 0.2) is 53.0 Å². The number of imidazole rings is 1. The summed E-state index contributed by atoms with van der Waals surface area (Å²) >= 11 is 3.42. The van der Waals surface area contributed by atoms with Gasteiger partial charge in [0.1, 0.15) is 5.82 Å². The molecule has 5 heteroatoms. The van der Waals surface area contributed by atoms with E-state index in [2.05, 4.69) is 50.9 Å². The fraction of sp³-hybridized carbons (Fsp3) is 0.548. The second kappa shape index (κ2) is 16.6. The van der Waals surface area contributed by atoms with Gasteiger partial charge in [0.15, 0.2) is 0 Å². The van der Waals surface area contributed by atoms with Crippen LogP contribution in [0.3, 0.4) is 0 Å². The van der Waals surface area contributed by atoms with Crippen molar-refractivity contribution in [3.05, 3.63) is 64.4 Å². The standard InChI is InChI=1S/C31H44BrN3O/c1-2-3-4-5-6-7-8-9-10-11-12-13-14-17-24-35-29-19-16-15-18-28(29)34-30(35)25-33-31(36)26-20-22-27(32)23-21-26/h15-16,18-23H,2-14,17,24-25H2,1H3,(H,33,36). The summed E-state index contributed by atoms with van der Waals surface area (Å²) in [7, 11) is 0. The molecule has 1 aromatic heterocycles. The lowest BCUT2D eigenvalue weighted by Gasteiger charge is -2.11. The SMILES string of the molecule is CCCCCCCCCCCCCCCCn1c(CNC(=O)c2ccc(Br)cc2)nc2ccccc21. The Morgan fingerprint density at radius 1 is 0.778 bits per heavy atom. The highest BCUT2D eigenvalue weighted by Gasteiger charge is 2.12. The summed E-state index contributed by atoms with van der Waals surface area (Å²) in [5.41, 5.74) is 2.81. The van der Waals surface area contributed by atoms with Gasteiger partial charge in [-0.15, -0.1) is 0 Å². The monoisotopic (exact) mass is 553 g/mol. The number of nitrogens with zero attached hydrogens (tertiary/aromatic N) is 2. The predicted molar refractivity (Wildman–Crippen MR) is 155 cm³/mol. The molecule has 0 spiro atoms. The number of rotatable bonds is 18. The fourth-order valence-electron chi connectivity index (χ4n) is 4.84. The number of aromatic nitrogens is 2. The van der Waals surface area contributed by atoms with E-state index < -0.39 is 0 Å². The summed E-state index contributed by atoms with van der Waals surface area (Å²) in [5, 5.41) is 3.05. The Labute approximate surface area is 226 Å². The maximum atomic E-state index is 12.6. The molecule has 0 fully saturated rings. The number of carbonyl (C=O) groups is 1. The summed E-state index contributed by atoms with van der Waals surface area (Å²) in [4.78, 5) is 17.4. The highest BCUT2D eigenvalue weighted by Crippen LogP contribution is 2.19. The minimum atomic E-state index is -0.0717. The number of carbonyl (C=O) groups excluding carboxylic acids is 1. The Kier molecular flexibility index (Phi) is 13.1. The molecule has 4 nitrogen and oxygen atoms in total. The molecule has 1 amide bonds. The molecule has 1 N–H and O–H groups in total. The zero-order chi connectivity index (χ0) is 25.4. The van der Waals surface area contributed by atoms with Gasteiger partial charge in [-0.3, -0.25) is 4.79 Å². The number of hydrogen-bond donors (Lipinski definition) is 1. The number of unbranched alkanes of at least 4 members (excludes halogenated alkanes) is 13. The number of fused-ring (bicyclic) bond motifs is 1. The van der Waals surface area contributed by atoms with Crippen LogP contribution in [0.1, 0.15) is 113 Å². The average Bonchev–Trinajstić information content (AvgIpc) is 3.25. The third kappa shape index (κ3) is 9.72. The van der Waals surface area contributed by atoms with Gasteiger partial charge in [-0.2, -0.15) is 0 Å². The van der Waals surface area contributed by atoms with Gasteiger partial charge in [-0.1, -0.05) is 118 Å². The van der Waals surface area contributed by atoms with Crippen molar-refractivity contribution in [1.29, 1.82) is 0 Å². The second-order valence-corrected chi connectivity index (χ2v) is 10.9. The van der Waals surface area contributed by atoms with E-state index in [1.54, 1.807) is 0 Å². The normalized spacial score (nSPS) is 11.3. The molecule has 0 atom stereocenters. The highest BCUT2D eigenvalue weighted by molar-refractivity contribution is 9.10. The van der Waals surface area contributed by atoms with Crippen molar-refractivity contribution in [3.63, 3.8) is 0 Å². The number of halogens is 1. The first-order chi connectivity index (χ1) is 17.7. The zero-order valence-corrected chi connectivity index (χ0v) is 23.7. The average molecular weight is 555 g/mol. The molecule has 36 heavy (non-hydrogen) atoms. The van der Waals surface area contributed by atoms with Crippen LogP contribution in [-0.4, -0.2) is 15.5 Å². The number of hydrogen-bond acceptors (Lipinski definition) is 2. The molecule has 0 aliphatic carbocycles. The van der Waals surface area contributed by atoms with Crippen molar-refractivity contribution in [2.45, 2.75) is 110 Å². The van der Waals surface area contributed by atoms with Crippen molar-refractivity contribution >= 4 is 32.9 Å². The Morgan fingerprint density at radius 2 is 1.33 bits per heavy atom. The van der Waals surface area contributed by atoms with Crippen molar-refractivity contribution in [2.75, 3.05) is 0 Å². The highest BCUT2D eigenvalue weighted by atomic mass is 79.9. The van der Waals surface area contributed by atoms with Gasteiger partial charge in [0, 0.05) is 16.6 Å². The van der Waals surface area contributed by atoms with Crippen LogP contribution in [0.2, 0.25) is 0 Å². The number of para-hydroxylation sites is 2. The van der Waals surface area contributed by atoms with Crippen molar-refractivity contribution in [1.82, 2.24) is 14.9 Å². The number of aryl methyl sites for hydroxylation is 1. The molecule has 0 saturated carbocycles. The van der Waals surface area contributed by atoms with E-state index in [4.69, 9.17) is 4.98 Å². The van der Waals surface area contributed by atoms with E-state index >= 15 is 0 Å². The van der Waals surface area contributed by atoms with Crippen LogP contribution in [0.5, 0.6) is 0 Å². The van der Waals surface area contributed by atoms with E-state index in [0.717, 1.165) is 34.3 Å². The molecule has 0 aliphatic heterocycles. The topological polar surface area (TPSA) is 46.9 Å². The van der Waals surface area contributed by atoms with Gasteiger partial charge in [-0.25, -0.2) is 4.98 Å². The Bertz CT molecular complexity index is 1030. The smallest absolute Gasteiger partial charge is 0.251 e. The lowest BCUT2D eigenvalue weighted by Crippen LogP contribution is -2.24. The molecule has 1 heterocycles. The van der Waals surface area contributed by atoms with Crippen molar-refractivity contribution in [2.24, 2.45) is 0 Å². The van der Waals surface area contributed by atoms with Crippen LogP contribution in [0.25, 0.3) is 11.0 Å². The van der Waals surface area contributed by atoms with Crippen LogP contribution in [0.4, 0.5) is 0 Å². The second-order valence-electron chi connectivity index (χ2n) is 9.95. The Balaban J connectivity index is 1.35. The molecule has 2 aromatic carbocycles. The summed E-state index contributed by atoms with van der Waals surface area (Å²) in [6.45, 7) is 3.66. The molecule has 0 aliphatic rings. The Hall–Kier alpha value is -2.14. The summed E-state index contributed by atoms with van der Waals surface area (Å²) < 4.78 is 3.26. The van der Waals surface area contributed by atoms with Crippen LogP contribution in [-0.2, 0) is 13.1 Å². The lowest BCUT2D eigenvalue weighted by molar-refractivity contribution is 0.0949. The number of nitrogens with one attached hydrogen (secondary N) is 1. The third-order valence-electron chi connectivity index (χ3n) is 6.98.